The molecule has 9 heteroatoms. The van der Waals surface area contributed by atoms with Crippen molar-refractivity contribution in [3.8, 4) is 0 Å². The number of thiophene rings is 1. The van der Waals surface area contributed by atoms with Gasteiger partial charge in [0.2, 0.25) is 11.1 Å². The highest BCUT2D eigenvalue weighted by atomic mass is 32.2. The Balaban J connectivity index is 1.57. The molecule has 0 saturated heterocycles. The molecule has 25 heavy (non-hydrogen) atoms. The second-order valence-corrected chi connectivity index (χ2v) is 7.54. The van der Waals surface area contributed by atoms with Crippen LogP contribution in [0.1, 0.15) is 17.6 Å². The van der Waals surface area contributed by atoms with Gasteiger partial charge in [0.25, 0.3) is 0 Å². The molecular formula is C16H14F2N4OS2. The molecule has 0 aliphatic carbocycles. The second kappa shape index (κ2) is 7.75. The largest absolute Gasteiger partial charge is 0.325 e. The molecule has 3 aromatic rings. The van der Waals surface area contributed by atoms with Crippen LogP contribution in [0.25, 0.3) is 0 Å². The van der Waals surface area contributed by atoms with E-state index in [1.165, 1.54) is 17.8 Å². The number of hydrogen-bond donors (Lipinski definition) is 2. The lowest BCUT2D eigenvalue weighted by Crippen LogP contribution is -2.22. The third-order valence-electron chi connectivity index (χ3n) is 3.27. The molecule has 2 heterocycles. The van der Waals surface area contributed by atoms with E-state index in [4.69, 9.17) is 0 Å². The van der Waals surface area contributed by atoms with Crippen molar-refractivity contribution in [1.82, 2.24) is 15.2 Å². The molecule has 0 spiro atoms. The maximum atomic E-state index is 13.2. The van der Waals surface area contributed by atoms with E-state index in [0.29, 0.717) is 11.6 Å². The molecular weight excluding hydrogens is 366 g/mol. The number of H-pyrrole nitrogens is 1. The van der Waals surface area contributed by atoms with Crippen LogP contribution in [0.2, 0.25) is 0 Å². The number of amides is 1. The Bertz CT molecular complexity index is 867. The normalized spacial score (nSPS) is 12.1. The van der Waals surface area contributed by atoms with Crippen LogP contribution in [-0.2, 0) is 11.2 Å². The van der Waals surface area contributed by atoms with E-state index >= 15 is 0 Å². The summed E-state index contributed by atoms with van der Waals surface area (Å²) in [5.41, 5.74) is 0.199. The molecule has 1 atom stereocenters. The Morgan fingerprint density at radius 2 is 2.20 bits per heavy atom. The van der Waals surface area contributed by atoms with Gasteiger partial charge in [-0.3, -0.25) is 9.89 Å². The molecule has 0 aliphatic heterocycles. The van der Waals surface area contributed by atoms with E-state index in [-0.39, 0.29) is 11.6 Å². The van der Waals surface area contributed by atoms with Crippen LogP contribution in [0, 0.1) is 11.6 Å². The third kappa shape index (κ3) is 4.64. The zero-order chi connectivity index (χ0) is 17.8. The van der Waals surface area contributed by atoms with Crippen LogP contribution in [0.15, 0.2) is 40.9 Å². The van der Waals surface area contributed by atoms with Crippen LogP contribution in [0.5, 0.6) is 0 Å². The van der Waals surface area contributed by atoms with Crippen molar-refractivity contribution in [1.29, 1.82) is 0 Å². The van der Waals surface area contributed by atoms with Crippen molar-refractivity contribution in [3.63, 3.8) is 0 Å². The van der Waals surface area contributed by atoms with Gasteiger partial charge in [0.15, 0.2) is 11.6 Å². The van der Waals surface area contributed by atoms with E-state index in [0.717, 1.165) is 22.8 Å². The van der Waals surface area contributed by atoms with Crippen molar-refractivity contribution >= 4 is 34.7 Å². The van der Waals surface area contributed by atoms with Crippen molar-refractivity contribution in [2.45, 2.75) is 23.8 Å². The standard InChI is InChI=1S/C16H14F2N4OS2/c1-9(15(23)19-10-4-5-12(17)13(18)7-10)25-16-20-14(21-22-16)8-11-3-2-6-24-11/h2-7,9H,8H2,1H3,(H,19,23)(H,20,21,22). The molecule has 2 N–H and O–H groups in total. The fraction of sp³-hybridized carbons (Fsp3) is 0.188. The van der Waals surface area contributed by atoms with Gasteiger partial charge in [-0.05, 0) is 30.5 Å². The zero-order valence-corrected chi connectivity index (χ0v) is 14.8. The van der Waals surface area contributed by atoms with Gasteiger partial charge < -0.3 is 5.32 Å². The summed E-state index contributed by atoms with van der Waals surface area (Å²) < 4.78 is 26.1. The first-order chi connectivity index (χ1) is 12.0. The molecule has 1 unspecified atom stereocenters. The van der Waals surface area contributed by atoms with Gasteiger partial charge in [-0.25, -0.2) is 13.8 Å². The lowest BCUT2D eigenvalue weighted by molar-refractivity contribution is -0.115. The number of nitrogens with one attached hydrogen (secondary N) is 2. The summed E-state index contributed by atoms with van der Waals surface area (Å²) in [6, 6.07) is 7.19. The molecule has 130 valence electrons. The van der Waals surface area contributed by atoms with E-state index in [2.05, 4.69) is 20.5 Å². The Morgan fingerprint density at radius 3 is 2.92 bits per heavy atom. The highest BCUT2D eigenvalue weighted by Crippen LogP contribution is 2.22. The Morgan fingerprint density at radius 1 is 1.36 bits per heavy atom. The van der Waals surface area contributed by atoms with Crippen LogP contribution in [-0.4, -0.2) is 26.3 Å². The first-order valence-corrected chi connectivity index (χ1v) is 9.13. The summed E-state index contributed by atoms with van der Waals surface area (Å²) >= 11 is 2.81. The third-order valence-corrected chi connectivity index (χ3v) is 5.11. The summed E-state index contributed by atoms with van der Waals surface area (Å²) in [6.07, 6.45) is 0.653. The number of carbonyl (C=O) groups excluding carboxylic acids is 1. The Hall–Kier alpha value is -2.26. The van der Waals surface area contributed by atoms with Gasteiger partial charge in [0.05, 0.1) is 5.25 Å². The fourth-order valence-electron chi connectivity index (χ4n) is 2.02. The number of nitrogens with zero attached hydrogens (tertiary/aromatic N) is 2. The molecule has 0 radical (unpaired) electrons. The predicted octanol–water partition coefficient (Wildman–Crippen LogP) is 3.85. The lowest BCUT2D eigenvalue weighted by atomic mass is 10.3. The van der Waals surface area contributed by atoms with Crippen LogP contribution < -0.4 is 5.32 Å². The predicted molar refractivity (Wildman–Crippen MR) is 93.8 cm³/mol. The lowest BCUT2D eigenvalue weighted by Gasteiger charge is -2.10. The zero-order valence-electron chi connectivity index (χ0n) is 13.1. The summed E-state index contributed by atoms with van der Waals surface area (Å²) in [4.78, 5) is 17.7. The monoisotopic (exact) mass is 380 g/mol. The summed E-state index contributed by atoms with van der Waals surface area (Å²) in [7, 11) is 0. The van der Waals surface area contributed by atoms with Crippen molar-refractivity contribution in [3.05, 3.63) is 58.0 Å². The average molecular weight is 380 g/mol. The second-order valence-electron chi connectivity index (χ2n) is 5.20. The first kappa shape index (κ1) is 17.6. The Labute approximate surface area is 150 Å². The smallest absolute Gasteiger partial charge is 0.237 e. The number of benzene rings is 1. The minimum atomic E-state index is -1.01. The van der Waals surface area contributed by atoms with E-state index in [1.807, 2.05) is 17.5 Å². The number of carbonyl (C=O) groups is 1. The molecule has 0 bridgehead atoms. The molecule has 5 nitrogen and oxygen atoms in total. The number of rotatable bonds is 6. The van der Waals surface area contributed by atoms with Gasteiger partial charge in [-0.2, -0.15) is 0 Å². The molecule has 3 rings (SSSR count). The minimum Gasteiger partial charge on any atom is -0.325 e. The topological polar surface area (TPSA) is 70.7 Å². The number of aromatic nitrogens is 3. The van der Waals surface area contributed by atoms with Gasteiger partial charge in [-0.1, -0.05) is 17.8 Å². The minimum absolute atomic E-state index is 0.199. The van der Waals surface area contributed by atoms with Crippen molar-refractivity contribution in [2.75, 3.05) is 5.32 Å². The quantitative estimate of drug-likeness (QED) is 0.637. The highest BCUT2D eigenvalue weighted by Gasteiger charge is 2.18. The van der Waals surface area contributed by atoms with Crippen molar-refractivity contribution < 1.29 is 13.6 Å². The van der Waals surface area contributed by atoms with Crippen LogP contribution in [0.4, 0.5) is 14.5 Å². The fourth-order valence-corrected chi connectivity index (χ4v) is 3.47. The highest BCUT2D eigenvalue weighted by molar-refractivity contribution is 8.00. The maximum Gasteiger partial charge on any atom is 0.237 e. The van der Waals surface area contributed by atoms with Gasteiger partial charge in [0, 0.05) is 23.1 Å². The number of thioether (sulfide) groups is 1. The van der Waals surface area contributed by atoms with Crippen molar-refractivity contribution in [2.24, 2.45) is 0 Å². The number of halogens is 2. The molecule has 1 amide bonds. The molecule has 0 fully saturated rings. The maximum absolute atomic E-state index is 13.2. The van der Waals surface area contributed by atoms with E-state index < -0.39 is 16.9 Å². The van der Waals surface area contributed by atoms with E-state index in [9.17, 15) is 13.6 Å². The van der Waals surface area contributed by atoms with E-state index in [1.54, 1.807) is 18.3 Å². The number of hydrogen-bond acceptors (Lipinski definition) is 5. The van der Waals surface area contributed by atoms with Gasteiger partial charge in [-0.15, -0.1) is 16.4 Å². The van der Waals surface area contributed by atoms with Gasteiger partial charge in [0.1, 0.15) is 5.82 Å². The Kier molecular flexibility index (Phi) is 5.44. The molecule has 0 saturated carbocycles. The SMILES string of the molecule is CC(Sc1n[nH]c(Cc2cccs2)n1)C(=O)Nc1ccc(F)c(F)c1. The molecule has 0 aliphatic rings. The summed E-state index contributed by atoms with van der Waals surface area (Å²) in [5.74, 6) is -1.59. The van der Waals surface area contributed by atoms with Gasteiger partial charge >= 0.3 is 0 Å². The first-order valence-electron chi connectivity index (χ1n) is 7.37. The van der Waals surface area contributed by atoms with Crippen LogP contribution in [0.3, 0.4) is 0 Å². The molecule has 1 aromatic carbocycles. The summed E-state index contributed by atoms with van der Waals surface area (Å²) in [6.45, 7) is 1.69. The molecule has 2 aromatic heterocycles. The van der Waals surface area contributed by atoms with Crippen LogP contribution >= 0.6 is 23.1 Å². The average Bonchev–Trinajstić information content (AvgIpc) is 3.23. The number of anilines is 1. The number of aromatic amines is 1. The summed E-state index contributed by atoms with van der Waals surface area (Å²) in [5, 5.41) is 11.4.